The van der Waals surface area contributed by atoms with Crippen LogP contribution < -0.4 is 0 Å². The van der Waals surface area contributed by atoms with E-state index in [-0.39, 0.29) is 0 Å². The first-order chi connectivity index (χ1) is 6.16. The molecular weight excluding hydrogens is 174 g/mol. The van der Waals surface area contributed by atoms with Crippen LogP contribution in [0.3, 0.4) is 0 Å². The summed E-state index contributed by atoms with van der Waals surface area (Å²) in [4.78, 5) is 23.0. The van der Waals surface area contributed by atoms with Crippen LogP contribution in [0, 0.1) is 0 Å². The summed E-state index contributed by atoms with van der Waals surface area (Å²) in [5.74, 6) is -1.00. The van der Waals surface area contributed by atoms with Gasteiger partial charge in [0.05, 0.1) is 7.11 Å². The minimum absolute atomic E-state index is 0.295. The molecule has 0 aromatic heterocycles. The number of hydrogen-bond donors (Lipinski definition) is 1. The topological polar surface area (TPSA) is 66.8 Å². The molecule has 1 rings (SSSR count). The number of hydrogen-bond acceptors (Lipinski definition) is 3. The van der Waals surface area contributed by atoms with Crippen LogP contribution in [0.4, 0.5) is 4.79 Å². The van der Waals surface area contributed by atoms with Crippen molar-refractivity contribution in [2.75, 3.05) is 13.7 Å². The predicted molar refractivity (Wildman–Crippen MR) is 44.3 cm³/mol. The third-order valence-electron chi connectivity index (χ3n) is 1.90. The number of aliphatic carboxylic acids is 1. The summed E-state index contributed by atoms with van der Waals surface area (Å²) < 4.78 is 4.46. The van der Waals surface area contributed by atoms with Gasteiger partial charge >= 0.3 is 12.1 Å². The van der Waals surface area contributed by atoms with E-state index in [1.165, 1.54) is 12.0 Å². The van der Waals surface area contributed by atoms with E-state index in [2.05, 4.69) is 4.74 Å². The summed E-state index contributed by atoms with van der Waals surface area (Å²) in [6, 6.07) is -0.794. The van der Waals surface area contributed by atoms with Crippen LogP contribution >= 0.6 is 0 Å². The van der Waals surface area contributed by atoms with Gasteiger partial charge in [-0.3, -0.25) is 4.90 Å². The number of rotatable bonds is 1. The van der Waals surface area contributed by atoms with Crippen LogP contribution in [-0.2, 0) is 9.53 Å². The second-order valence-electron chi connectivity index (χ2n) is 2.68. The summed E-state index contributed by atoms with van der Waals surface area (Å²) in [7, 11) is 1.24. The fourth-order valence-electron chi connectivity index (χ4n) is 1.22. The van der Waals surface area contributed by atoms with Gasteiger partial charge in [-0.1, -0.05) is 12.2 Å². The van der Waals surface area contributed by atoms with E-state index >= 15 is 0 Å². The third-order valence-corrected chi connectivity index (χ3v) is 1.90. The molecular formula is C8H11NO4. The van der Waals surface area contributed by atoms with Crippen LogP contribution in [0.15, 0.2) is 12.2 Å². The molecule has 0 spiro atoms. The summed E-state index contributed by atoms with van der Waals surface area (Å²) >= 11 is 0. The minimum Gasteiger partial charge on any atom is -0.480 e. The van der Waals surface area contributed by atoms with Crippen molar-refractivity contribution >= 4 is 12.1 Å². The lowest BCUT2D eigenvalue weighted by Gasteiger charge is -2.28. The van der Waals surface area contributed by atoms with E-state index in [1.807, 2.05) is 0 Å². The van der Waals surface area contributed by atoms with Gasteiger partial charge in [0.25, 0.3) is 0 Å². The van der Waals surface area contributed by atoms with E-state index in [0.717, 1.165) is 0 Å². The molecule has 0 aliphatic carbocycles. The number of carboxylic acids is 1. The number of carboxylic acid groups (broad SMARTS) is 1. The Kier molecular flexibility index (Phi) is 2.89. The highest BCUT2D eigenvalue weighted by atomic mass is 16.5. The molecule has 0 fully saturated rings. The first-order valence-corrected chi connectivity index (χ1v) is 3.89. The molecule has 0 aromatic carbocycles. The van der Waals surface area contributed by atoms with E-state index in [0.29, 0.717) is 13.0 Å². The van der Waals surface area contributed by atoms with E-state index in [4.69, 9.17) is 5.11 Å². The average Bonchev–Trinajstić information content (AvgIpc) is 2.16. The molecule has 5 heteroatoms. The van der Waals surface area contributed by atoms with Gasteiger partial charge in [0.1, 0.15) is 6.04 Å². The SMILES string of the molecule is COC(=O)N1CC=CCC1C(=O)O. The number of carbonyl (C=O) groups is 2. The zero-order chi connectivity index (χ0) is 9.84. The first-order valence-electron chi connectivity index (χ1n) is 3.89. The summed E-state index contributed by atoms with van der Waals surface area (Å²) in [6.07, 6.45) is 3.23. The summed E-state index contributed by atoms with van der Waals surface area (Å²) in [6.45, 7) is 0.295. The Hall–Kier alpha value is -1.52. The summed E-state index contributed by atoms with van der Waals surface area (Å²) in [5.41, 5.74) is 0. The second-order valence-corrected chi connectivity index (χ2v) is 2.68. The molecule has 1 amide bonds. The Balaban J connectivity index is 2.75. The normalized spacial score (nSPS) is 21.3. The lowest BCUT2D eigenvalue weighted by atomic mass is 10.1. The molecule has 0 bridgehead atoms. The van der Waals surface area contributed by atoms with Gasteiger partial charge in [0, 0.05) is 6.54 Å². The smallest absolute Gasteiger partial charge is 0.410 e. The minimum atomic E-state index is -1.00. The molecule has 13 heavy (non-hydrogen) atoms. The largest absolute Gasteiger partial charge is 0.480 e. The lowest BCUT2D eigenvalue weighted by molar-refractivity contribution is -0.142. The van der Waals surface area contributed by atoms with E-state index in [9.17, 15) is 9.59 Å². The van der Waals surface area contributed by atoms with Gasteiger partial charge in [-0.15, -0.1) is 0 Å². The van der Waals surface area contributed by atoms with Crippen molar-refractivity contribution in [3.8, 4) is 0 Å². The maximum atomic E-state index is 11.1. The average molecular weight is 185 g/mol. The van der Waals surface area contributed by atoms with Crippen molar-refractivity contribution in [3.05, 3.63) is 12.2 Å². The lowest BCUT2D eigenvalue weighted by Crippen LogP contribution is -2.46. The molecule has 1 heterocycles. The molecule has 72 valence electrons. The number of carbonyl (C=O) groups excluding carboxylic acids is 1. The van der Waals surface area contributed by atoms with Crippen molar-refractivity contribution in [1.29, 1.82) is 0 Å². The summed E-state index contributed by atoms with van der Waals surface area (Å²) in [5, 5.41) is 8.77. The van der Waals surface area contributed by atoms with Crippen LogP contribution in [0.5, 0.6) is 0 Å². The fraction of sp³-hybridized carbons (Fsp3) is 0.500. The van der Waals surface area contributed by atoms with Crippen molar-refractivity contribution < 1.29 is 19.4 Å². The Morgan fingerprint density at radius 1 is 1.54 bits per heavy atom. The van der Waals surface area contributed by atoms with Crippen LogP contribution in [0.2, 0.25) is 0 Å². The monoisotopic (exact) mass is 185 g/mol. The van der Waals surface area contributed by atoms with Gasteiger partial charge in [0.2, 0.25) is 0 Å². The quantitative estimate of drug-likeness (QED) is 0.603. The highest BCUT2D eigenvalue weighted by molar-refractivity contribution is 5.80. The van der Waals surface area contributed by atoms with Crippen molar-refractivity contribution in [3.63, 3.8) is 0 Å². The van der Waals surface area contributed by atoms with Gasteiger partial charge in [-0.05, 0) is 6.42 Å². The molecule has 0 aromatic rings. The number of amides is 1. The fourth-order valence-corrected chi connectivity index (χ4v) is 1.22. The van der Waals surface area contributed by atoms with Gasteiger partial charge in [-0.2, -0.15) is 0 Å². The van der Waals surface area contributed by atoms with Crippen molar-refractivity contribution in [2.45, 2.75) is 12.5 Å². The van der Waals surface area contributed by atoms with Gasteiger partial charge in [0.15, 0.2) is 0 Å². The Morgan fingerprint density at radius 2 is 2.23 bits per heavy atom. The second kappa shape index (κ2) is 3.93. The highest BCUT2D eigenvalue weighted by Gasteiger charge is 2.30. The predicted octanol–water partition coefficient (Wildman–Crippen LogP) is 0.468. The molecule has 1 aliphatic rings. The molecule has 0 saturated carbocycles. The van der Waals surface area contributed by atoms with Crippen LogP contribution in [0.25, 0.3) is 0 Å². The molecule has 5 nitrogen and oxygen atoms in total. The standard InChI is InChI=1S/C8H11NO4/c1-13-8(12)9-5-3-2-4-6(9)7(10)11/h2-3,6H,4-5H2,1H3,(H,10,11). The van der Waals surface area contributed by atoms with Crippen molar-refractivity contribution in [1.82, 2.24) is 4.90 Å². The molecule has 1 unspecified atom stereocenters. The zero-order valence-electron chi connectivity index (χ0n) is 7.27. The molecule has 0 radical (unpaired) electrons. The van der Waals surface area contributed by atoms with Crippen LogP contribution in [0.1, 0.15) is 6.42 Å². The maximum absolute atomic E-state index is 11.1. The van der Waals surface area contributed by atoms with Crippen molar-refractivity contribution in [2.24, 2.45) is 0 Å². The van der Waals surface area contributed by atoms with Crippen LogP contribution in [-0.4, -0.2) is 41.8 Å². The zero-order valence-corrected chi connectivity index (χ0v) is 7.27. The first kappa shape index (κ1) is 9.57. The van der Waals surface area contributed by atoms with Gasteiger partial charge in [-0.25, -0.2) is 9.59 Å². The molecule has 0 saturated heterocycles. The molecule has 1 atom stereocenters. The number of methoxy groups -OCH3 is 1. The Labute approximate surface area is 75.6 Å². The number of nitrogens with zero attached hydrogens (tertiary/aromatic N) is 1. The third kappa shape index (κ3) is 1.99. The molecule has 1 N–H and O–H groups in total. The molecule has 1 aliphatic heterocycles. The van der Waals surface area contributed by atoms with E-state index < -0.39 is 18.1 Å². The highest BCUT2D eigenvalue weighted by Crippen LogP contribution is 2.12. The van der Waals surface area contributed by atoms with Gasteiger partial charge < -0.3 is 9.84 Å². The Morgan fingerprint density at radius 3 is 2.77 bits per heavy atom. The number of ether oxygens (including phenoxy) is 1. The van der Waals surface area contributed by atoms with E-state index in [1.54, 1.807) is 12.2 Å². The maximum Gasteiger partial charge on any atom is 0.410 e. The Bertz CT molecular complexity index is 249.